The Morgan fingerprint density at radius 2 is 2.00 bits per heavy atom. The van der Waals surface area contributed by atoms with Gasteiger partial charge in [0.25, 0.3) is 5.69 Å². The molecular weight excluding hydrogens is 249 g/mol. The normalized spacial score (nSPS) is 10.8. The second kappa shape index (κ2) is 5.26. The molecule has 2 rings (SSSR count). The third-order valence-electron chi connectivity index (χ3n) is 2.48. The Bertz CT molecular complexity index is 656. The van der Waals surface area contributed by atoms with Crippen LogP contribution in [0.4, 0.5) is 21.5 Å². The van der Waals surface area contributed by atoms with Gasteiger partial charge in [0.05, 0.1) is 10.6 Å². The molecule has 0 aliphatic carbocycles. The van der Waals surface area contributed by atoms with E-state index in [2.05, 4.69) is 4.99 Å². The number of nitro benzene ring substituents is 1. The second-order valence-electron chi connectivity index (χ2n) is 3.78. The molecule has 96 valence electrons. The van der Waals surface area contributed by atoms with Gasteiger partial charge in [-0.25, -0.2) is 4.39 Å². The molecule has 0 aromatic heterocycles. The fourth-order valence-electron chi connectivity index (χ4n) is 1.48. The Labute approximate surface area is 108 Å². The third kappa shape index (κ3) is 2.92. The van der Waals surface area contributed by atoms with E-state index in [9.17, 15) is 14.5 Å². The van der Waals surface area contributed by atoms with Gasteiger partial charge >= 0.3 is 0 Å². The molecule has 0 spiro atoms. The SMILES string of the molecule is Nc1ccc([N+](=O)[O-])cc1C=Nc1ccccc1F. The van der Waals surface area contributed by atoms with Gasteiger partial charge in [0.2, 0.25) is 0 Å². The summed E-state index contributed by atoms with van der Waals surface area (Å²) in [4.78, 5) is 14.1. The molecule has 0 saturated heterocycles. The summed E-state index contributed by atoms with van der Waals surface area (Å²) in [5.41, 5.74) is 6.45. The largest absolute Gasteiger partial charge is 0.398 e. The van der Waals surface area contributed by atoms with Crippen molar-refractivity contribution in [2.24, 2.45) is 4.99 Å². The first-order valence-corrected chi connectivity index (χ1v) is 5.40. The second-order valence-corrected chi connectivity index (χ2v) is 3.78. The quantitative estimate of drug-likeness (QED) is 0.398. The molecule has 2 aromatic carbocycles. The monoisotopic (exact) mass is 259 g/mol. The molecule has 0 atom stereocenters. The lowest BCUT2D eigenvalue weighted by Gasteiger charge is -2.00. The van der Waals surface area contributed by atoms with Gasteiger partial charge in [-0.2, -0.15) is 0 Å². The lowest BCUT2D eigenvalue weighted by molar-refractivity contribution is -0.384. The van der Waals surface area contributed by atoms with Crippen LogP contribution in [0.2, 0.25) is 0 Å². The number of nitrogen functional groups attached to an aromatic ring is 1. The average molecular weight is 259 g/mol. The van der Waals surface area contributed by atoms with Crippen molar-refractivity contribution < 1.29 is 9.31 Å². The maximum absolute atomic E-state index is 13.3. The van der Waals surface area contributed by atoms with E-state index in [1.54, 1.807) is 12.1 Å². The summed E-state index contributed by atoms with van der Waals surface area (Å²) in [5, 5.41) is 10.7. The minimum absolute atomic E-state index is 0.0933. The van der Waals surface area contributed by atoms with Crippen LogP contribution in [0.1, 0.15) is 5.56 Å². The minimum Gasteiger partial charge on any atom is -0.398 e. The Kier molecular flexibility index (Phi) is 3.51. The highest BCUT2D eigenvalue weighted by Gasteiger charge is 2.07. The zero-order valence-electron chi connectivity index (χ0n) is 9.79. The van der Waals surface area contributed by atoms with Crippen LogP contribution in [0.3, 0.4) is 0 Å². The molecule has 0 unspecified atom stereocenters. The van der Waals surface area contributed by atoms with Crippen molar-refractivity contribution in [1.82, 2.24) is 0 Å². The van der Waals surface area contributed by atoms with E-state index < -0.39 is 10.7 Å². The Balaban J connectivity index is 2.35. The molecule has 0 aliphatic rings. The van der Waals surface area contributed by atoms with Gasteiger partial charge in [-0.3, -0.25) is 15.1 Å². The summed E-state index contributed by atoms with van der Waals surface area (Å²) in [6, 6.07) is 9.99. The summed E-state index contributed by atoms with van der Waals surface area (Å²) in [6.07, 6.45) is 1.31. The highest BCUT2D eigenvalue weighted by atomic mass is 19.1. The van der Waals surface area contributed by atoms with Crippen LogP contribution in [-0.2, 0) is 0 Å². The van der Waals surface area contributed by atoms with Crippen molar-refractivity contribution in [2.75, 3.05) is 5.73 Å². The number of hydrogen-bond acceptors (Lipinski definition) is 4. The van der Waals surface area contributed by atoms with Crippen molar-refractivity contribution in [3.8, 4) is 0 Å². The van der Waals surface area contributed by atoms with Crippen molar-refractivity contribution >= 4 is 23.3 Å². The fourth-order valence-corrected chi connectivity index (χ4v) is 1.48. The Hall–Kier alpha value is -2.76. The summed E-state index contributed by atoms with van der Waals surface area (Å²) < 4.78 is 13.3. The summed E-state index contributed by atoms with van der Waals surface area (Å²) in [6.45, 7) is 0. The number of non-ortho nitro benzene ring substituents is 1. The highest BCUT2D eigenvalue weighted by molar-refractivity contribution is 5.89. The van der Waals surface area contributed by atoms with Crippen LogP contribution < -0.4 is 5.73 Å². The minimum atomic E-state index is -0.528. The predicted molar refractivity (Wildman–Crippen MR) is 71.2 cm³/mol. The standard InChI is InChI=1S/C13H10FN3O2/c14-11-3-1-2-4-13(11)16-8-9-7-10(17(18)19)5-6-12(9)15/h1-8H,15H2. The van der Waals surface area contributed by atoms with E-state index in [1.807, 2.05) is 0 Å². The van der Waals surface area contributed by atoms with E-state index in [-0.39, 0.29) is 11.4 Å². The van der Waals surface area contributed by atoms with E-state index in [0.717, 1.165) is 0 Å². The van der Waals surface area contributed by atoms with Crippen LogP contribution in [0.15, 0.2) is 47.5 Å². The molecule has 0 saturated carbocycles. The fraction of sp³-hybridized carbons (Fsp3) is 0. The average Bonchev–Trinajstić information content (AvgIpc) is 2.39. The van der Waals surface area contributed by atoms with Crippen molar-refractivity contribution in [2.45, 2.75) is 0 Å². The topological polar surface area (TPSA) is 81.5 Å². The molecule has 5 nitrogen and oxygen atoms in total. The number of hydrogen-bond donors (Lipinski definition) is 1. The van der Waals surface area contributed by atoms with Gasteiger partial charge in [-0.05, 0) is 18.2 Å². The summed E-state index contributed by atoms with van der Waals surface area (Å²) in [7, 11) is 0. The van der Waals surface area contributed by atoms with Crippen LogP contribution in [0.25, 0.3) is 0 Å². The van der Waals surface area contributed by atoms with E-state index in [1.165, 1.54) is 36.5 Å². The van der Waals surface area contributed by atoms with Gasteiger partial charge in [0.15, 0.2) is 0 Å². The molecule has 0 amide bonds. The summed E-state index contributed by atoms with van der Waals surface area (Å²) in [5.74, 6) is -0.470. The number of halogens is 1. The van der Waals surface area contributed by atoms with Crippen LogP contribution in [0, 0.1) is 15.9 Å². The van der Waals surface area contributed by atoms with Crippen LogP contribution in [0.5, 0.6) is 0 Å². The van der Waals surface area contributed by atoms with Gasteiger partial charge in [0, 0.05) is 29.6 Å². The Morgan fingerprint density at radius 3 is 2.68 bits per heavy atom. The van der Waals surface area contributed by atoms with Crippen molar-refractivity contribution in [1.29, 1.82) is 0 Å². The molecule has 19 heavy (non-hydrogen) atoms. The van der Waals surface area contributed by atoms with E-state index in [4.69, 9.17) is 5.73 Å². The first-order chi connectivity index (χ1) is 9.08. The highest BCUT2D eigenvalue weighted by Crippen LogP contribution is 2.20. The zero-order chi connectivity index (χ0) is 13.8. The van der Waals surface area contributed by atoms with Crippen LogP contribution in [-0.4, -0.2) is 11.1 Å². The molecule has 0 fully saturated rings. The smallest absolute Gasteiger partial charge is 0.270 e. The predicted octanol–water partition coefficient (Wildman–Crippen LogP) is 3.07. The van der Waals surface area contributed by atoms with E-state index >= 15 is 0 Å². The molecular formula is C13H10FN3O2. The number of benzene rings is 2. The number of aliphatic imine (C=N–C) groups is 1. The van der Waals surface area contributed by atoms with E-state index in [0.29, 0.717) is 11.3 Å². The van der Waals surface area contributed by atoms with Crippen molar-refractivity contribution in [3.05, 3.63) is 64.0 Å². The molecule has 0 radical (unpaired) electrons. The molecule has 2 aromatic rings. The maximum atomic E-state index is 13.3. The van der Waals surface area contributed by atoms with Gasteiger partial charge < -0.3 is 5.73 Å². The molecule has 0 aliphatic heterocycles. The lowest BCUT2D eigenvalue weighted by atomic mass is 10.2. The molecule has 0 heterocycles. The van der Waals surface area contributed by atoms with Gasteiger partial charge in [-0.1, -0.05) is 12.1 Å². The van der Waals surface area contributed by atoms with Gasteiger partial charge in [-0.15, -0.1) is 0 Å². The number of para-hydroxylation sites is 1. The zero-order valence-corrected chi connectivity index (χ0v) is 9.79. The molecule has 2 N–H and O–H groups in total. The first-order valence-electron chi connectivity index (χ1n) is 5.40. The van der Waals surface area contributed by atoms with Crippen molar-refractivity contribution in [3.63, 3.8) is 0 Å². The first kappa shape index (κ1) is 12.7. The third-order valence-corrected chi connectivity index (χ3v) is 2.48. The number of nitrogens with two attached hydrogens (primary N) is 1. The number of rotatable bonds is 3. The number of anilines is 1. The molecule has 6 heteroatoms. The maximum Gasteiger partial charge on any atom is 0.270 e. The van der Waals surface area contributed by atoms with Gasteiger partial charge in [0.1, 0.15) is 5.82 Å². The lowest BCUT2D eigenvalue weighted by Crippen LogP contribution is -1.96. The number of nitrogens with zero attached hydrogens (tertiary/aromatic N) is 2. The summed E-state index contributed by atoms with van der Waals surface area (Å²) >= 11 is 0. The molecule has 0 bridgehead atoms. The Morgan fingerprint density at radius 1 is 1.26 bits per heavy atom. The van der Waals surface area contributed by atoms with Crippen LogP contribution >= 0.6 is 0 Å². The number of nitro groups is 1.